The minimum absolute atomic E-state index is 0.0397. The number of amides is 1. The fourth-order valence-electron chi connectivity index (χ4n) is 1.55. The lowest BCUT2D eigenvalue weighted by molar-refractivity contribution is -0.384. The van der Waals surface area contributed by atoms with Crippen molar-refractivity contribution in [3.8, 4) is 0 Å². The third-order valence-electron chi connectivity index (χ3n) is 2.72. The Morgan fingerprint density at radius 2 is 2.14 bits per heavy atom. The molecule has 0 unspecified atom stereocenters. The predicted octanol–water partition coefficient (Wildman–Crippen LogP) is 0.485. The van der Waals surface area contributed by atoms with Crippen LogP contribution in [0.15, 0.2) is 18.2 Å². The van der Waals surface area contributed by atoms with Gasteiger partial charge in [0.15, 0.2) is 6.10 Å². The molecule has 9 heteroatoms. The van der Waals surface area contributed by atoms with E-state index in [1.165, 1.54) is 20.1 Å². The summed E-state index contributed by atoms with van der Waals surface area (Å²) in [5, 5.41) is 13.1. The Bertz CT molecular complexity index is 575. The van der Waals surface area contributed by atoms with Crippen molar-refractivity contribution in [1.82, 2.24) is 5.32 Å². The van der Waals surface area contributed by atoms with Crippen LogP contribution in [0.5, 0.6) is 0 Å². The molecule has 0 saturated carbocycles. The molecule has 0 heterocycles. The Kier molecular flexibility index (Phi) is 6.26. The van der Waals surface area contributed by atoms with Gasteiger partial charge >= 0.3 is 5.97 Å². The molecule has 120 valence electrons. The van der Waals surface area contributed by atoms with Crippen LogP contribution in [0.25, 0.3) is 0 Å². The number of benzene rings is 1. The third kappa shape index (κ3) is 4.70. The number of non-ortho nitro benzene ring substituents is 1. The summed E-state index contributed by atoms with van der Waals surface area (Å²) in [7, 11) is 1.49. The molecule has 0 spiro atoms. The Hall–Kier alpha value is -2.68. The smallest absolute Gasteiger partial charge is 0.341 e. The molecule has 3 N–H and O–H groups in total. The number of nitro benzene ring substituents is 1. The topological polar surface area (TPSA) is 134 Å². The summed E-state index contributed by atoms with van der Waals surface area (Å²) >= 11 is 0. The summed E-state index contributed by atoms with van der Waals surface area (Å²) in [6.07, 6.45) is -1.03. The predicted molar refractivity (Wildman–Crippen MR) is 77.3 cm³/mol. The number of ether oxygens (including phenoxy) is 2. The van der Waals surface area contributed by atoms with Crippen molar-refractivity contribution in [1.29, 1.82) is 0 Å². The quantitative estimate of drug-likeness (QED) is 0.246. The van der Waals surface area contributed by atoms with Crippen LogP contribution >= 0.6 is 0 Å². The van der Waals surface area contributed by atoms with E-state index < -0.39 is 22.9 Å². The van der Waals surface area contributed by atoms with Gasteiger partial charge in [0.05, 0.1) is 22.8 Å². The van der Waals surface area contributed by atoms with E-state index in [0.29, 0.717) is 6.61 Å². The monoisotopic (exact) mass is 311 g/mol. The largest absolute Gasteiger partial charge is 0.449 e. The maximum atomic E-state index is 11.9. The number of carbonyl (C=O) groups excluding carboxylic acids is 2. The van der Waals surface area contributed by atoms with E-state index in [1.807, 2.05) is 0 Å². The first-order valence-corrected chi connectivity index (χ1v) is 6.38. The molecule has 1 aromatic carbocycles. The summed E-state index contributed by atoms with van der Waals surface area (Å²) in [6, 6.07) is 3.38. The zero-order valence-electron chi connectivity index (χ0n) is 12.2. The number of nitrogens with one attached hydrogen (secondary N) is 1. The van der Waals surface area contributed by atoms with Crippen molar-refractivity contribution >= 4 is 23.3 Å². The molecule has 1 atom stereocenters. The Balaban J connectivity index is 2.68. The van der Waals surface area contributed by atoms with Gasteiger partial charge in [0.25, 0.3) is 11.6 Å². The maximum absolute atomic E-state index is 11.9. The second-order valence-electron chi connectivity index (χ2n) is 4.36. The van der Waals surface area contributed by atoms with E-state index in [-0.39, 0.29) is 23.5 Å². The van der Waals surface area contributed by atoms with Crippen LogP contribution in [0.3, 0.4) is 0 Å². The summed E-state index contributed by atoms with van der Waals surface area (Å²) < 4.78 is 9.74. The number of hydrogen-bond donors (Lipinski definition) is 2. The molecule has 0 fully saturated rings. The van der Waals surface area contributed by atoms with Gasteiger partial charge in [0, 0.05) is 25.8 Å². The highest BCUT2D eigenvalue weighted by molar-refractivity contribution is 5.97. The van der Waals surface area contributed by atoms with Crippen LogP contribution in [0, 0.1) is 10.1 Å². The third-order valence-corrected chi connectivity index (χ3v) is 2.72. The van der Waals surface area contributed by atoms with Crippen molar-refractivity contribution in [3.63, 3.8) is 0 Å². The van der Waals surface area contributed by atoms with Crippen molar-refractivity contribution in [2.45, 2.75) is 13.0 Å². The average molecular weight is 311 g/mol. The Labute approximate surface area is 126 Å². The Morgan fingerprint density at radius 3 is 2.68 bits per heavy atom. The lowest BCUT2D eigenvalue weighted by Gasteiger charge is -2.14. The van der Waals surface area contributed by atoms with Gasteiger partial charge in [-0.05, 0) is 13.0 Å². The van der Waals surface area contributed by atoms with Gasteiger partial charge in [0.2, 0.25) is 0 Å². The first-order chi connectivity index (χ1) is 10.4. The number of nitro groups is 1. The first kappa shape index (κ1) is 17.4. The molecular formula is C13H17N3O6. The molecule has 0 aliphatic carbocycles. The van der Waals surface area contributed by atoms with Gasteiger partial charge in [-0.15, -0.1) is 0 Å². The zero-order valence-corrected chi connectivity index (χ0v) is 12.2. The van der Waals surface area contributed by atoms with Crippen molar-refractivity contribution in [3.05, 3.63) is 33.9 Å². The molecule has 22 heavy (non-hydrogen) atoms. The maximum Gasteiger partial charge on any atom is 0.341 e. The molecule has 1 amide bonds. The van der Waals surface area contributed by atoms with Gasteiger partial charge in [-0.25, -0.2) is 4.79 Å². The summed E-state index contributed by atoms with van der Waals surface area (Å²) in [5.41, 5.74) is 5.22. The molecule has 9 nitrogen and oxygen atoms in total. The second-order valence-corrected chi connectivity index (χ2v) is 4.36. The lowest BCUT2D eigenvalue weighted by Crippen LogP contribution is -2.37. The number of methoxy groups -OCH3 is 1. The second kappa shape index (κ2) is 7.93. The van der Waals surface area contributed by atoms with Crippen LogP contribution in [0.2, 0.25) is 0 Å². The Morgan fingerprint density at radius 1 is 1.45 bits per heavy atom. The van der Waals surface area contributed by atoms with Gasteiger partial charge in [0.1, 0.15) is 0 Å². The van der Waals surface area contributed by atoms with E-state index in [2.05, 4.69) is 5.32 Å². The summed E-state index contributed by atoms with van der Waals surface area (Å²) in [5.74, 6) is -1.31. The number of carbonyl (C=O) groups is 2. The van der Waals surface area contributed by atoms with Crippen LogP contribution < -0.4 is 11.1 Å². The van der Waals surface area contributed by atoms with Crippen LogP contribution in [0.1, 0.15) is 17.3 Å². The number of nitrogens with zero attached hydrogens (tertiary/aromatic N) is 1. The van der Waals surface area contributed by atoms with E-state index in [1.54, 1.807) is 0 Å². The molecule has 1 rings (SSSR count). The highest BCUT2D eigenvalue weighted by atomic mass is 16.6. The zero-order chi connectivity index (χ0) is 16.7. The number of rotatable bonds is 7. The van der Waals surface area contributed by atoms with Gasteiger partial charge in [-0.3, -0.25) is 14.9 Å². The van der Waals surface area contributed by atoms with Crippen molar-refractivity contribution < 1.29 is 24.0 Å². The number of hydrogen-bond acceptors (Lipinski definition) is 7. The van der Waals surface area contributed by atoms with E-state index in [9.17, 15) is 19.7 Å². The molecular weight excluding hydrogens is 294 g/mol. The number of anilines is 1. The molecule has 0 aromatic heterocycles. The molecule has 0 bridgehead atoms. The molecule has 0 aliphatic rings. The van der Waals surface area contributed by atoms with Crippen LogP contribution in [0.4, 0.5) is 11.4 Å². The average Bonchev–Trinajstić information content (AvgIpc) is 2.46. The van der Waals surface area contributed by atoms with Crippen LogP contribution in [-0.2, 0) is 14.3 Å². The molecule has 1 aromatic rings. The SMILES string of the molecule is COCCNC(=O)[C@@H](C)OC(=O)c1ccc([N+](=O)[O-])cc1N. The molecule has 0 radical (unpaired) electrons. The van der Waals surface area contributed by atoms with Crippen molar-refractivity contribution in [2.24, 2.45) is 0 Å². The van der Waals surface area contributed by atoms with E-state index in [0.717, 1.165) is 12.1 Å². The molecule has 0 aliphatic heterocycles. The van der Waals surface area contributed by atoms with E-state index in [4.69, 9.17) is 15.2 Å². The minimum Gasteiger partial charge on any atom is -0.449 e. The summed E-state index contributed by atoms with van der Waals surface area (Å²) in [4.78, 5) is 33.5. The number of esters is 1. The first-order valence-electron chi connectivity index (χ1n) is 6.38. The number of nitrogen functional groups attached to an aromatic ring is 1. The highest BCUT2D eigenvalue weighted by Crippen LogP contribution is 2.20. The normalized spacial score (nSPS) is 11.5. The van der Waals surface area contributed by atoms with Crippen molar-refractivity contribution in [2.75, 3.05) is 26.0 Å². The van der Waals surface area contributed by atoms with Gasteiger partial charge < -0.3 is 20.5 Å². The minimum atomic E-state index is -1.03. The standard InChI is InChI=1S/C13H17N3O6/c1-8(12(17)15-5-6-21-2)22-13(18)10-4-3-9(16(19)20)7-11(10)14/h3-4,7-8H,5-6,14H2,1-2H3,(H,15,17)/t8-/m1/s1. The van der Waals surface area contributed by atoms with Crippen LogP contribution in [-0.4, -0.2) is 43.2 Å². The van der Waals surface area contributed by atoms with Gasteiger partial charge in [-0.1, -0.05) is 0 Å². The fourth-order valence-corrected chi connectivity index (χ4v) is 1.55. The highest BCUT2D eigenvalue weighted by Gasteiger charge is 2.21. The lowest BCUT2D eigenvalue weighted by atomic mass is 10.1. The van der Waals surface area contributed by atoms with E-state index >= 15 is 0 Å². The fraction of sp³-hybridized carbons (Fsp3) is 0.385. The van der Waals surface area contributed by atoms with Gasteiger partial charge in [-0.2, -0.15) is 0 Å². The number of nitrogens with two attached hydrogens (primary N) is 1. The molecule has 0 saturated heterocycles. The summed E-state index contributed by atoms with van der Waals surface area (Å²) in [6.45, 7) is 2.03.